The Morgan fingerprint density at radius 1 is 1.25 bits per heavy atom. The Labute approximate surface area is 141 Å². The first-order valence-corrected chi connectivity index (χ1v) is 8.12. The Kier molecular flexibility index (Phi) is 4.71. The third-order valence-corrected chi connectivity index (χ3v) is 4.47. The van der Waals surface area contributed by atoms with Crippen LogP contribution in [0.3, 0.4) is 0 Å². The fourth-order valence-corrected chi connectivity index (χ4v) is 2.96. The lowest BCUT2D eigenvalue weighted by Crippen LogP contribution is -2.34. The summed E-state index contributed by atoms with van der Waals surface area (Å²) < 4.78 is 5.97. The Morgan fingerprint density at radius 3 is 2.54 bits per heavy atom. The summed E-state index contributed by atoms with van der Waals surface area (Å²) in [5, 5.41) is 9.98. The molecule has 3 atom stereocenters. The second-order valence-corrected chi connectivity index (χ2v) is 6.26. The van der Waals surface area contributed by atoms with E-state index < -0.39 is 6.03 Å². The molecule has 1 aliphatic carbocycles. The summed E-state index contributed by atoms with van der Waals surface area (Å²) in [5.74, 6) is 1.45. The van der Waals surface area contributed by atoms with Crippen molar-refractivity contribution in [2.45, 2.75) is 25.4 Å². The van der Waals surface area contributed by atoms with E-state index in [9.17, 15) is 10.0 Å². The van der Waals surface area contributed by atoms with Gasteiger partial charge in [0.25, 0.3) is 0 Å². The van der Waals surface area contributed by atoms with Crippen LogP contribution in [0.25, 0.3) is 0 Å². The van der Waals surface area contributed by atoms with Gasteiger partial charge in [0.1, 0.15) is 11.9 Å². The van der Waals surface area contributed by atoms with E-state index in [0.717, 1.165) is 17.7 Å². The van der Waals surface area contributed by atoms with Gasteiger partial charge in [-0.25, -0.2) is 9.86 Å². The van der Waals surface area contributed by atoms with Crippen LogP contribution in [-0.2, 0) is 0 Å². The van der Waals surface area contributed by atoms with Gasteiger partial charge in [-0.2, -0.15) is 0 Å². The molecule has 3 rings (SSSR count). The van der Waals surface area contributed by atoms with Crippen molar-refractivity contribution in [1.82, 2.24) is 5.06 Å². The van der Waals surface area contributed by atoms with Crippen molar-refractivity contribution in [2.75, 3.05) is 6.54 Å². The van der Waals surface area contributed by atoms with E-state index in [1.54, 1.807) is 0 Å². The van der Waals surface area contributed by atoms with Crippen LogP contribution in [0.2, 0.25) is 0 Å². The van der Waals surface area contributed by atoms with Crippen LogP contribution in [0.5, 0.6) is 5.75 Å². The first kappa shape index (κ1) is 16.3. The predicted octanol–water partition coefficient (Wildman–Crippen LogP) is 3.70. The van der Waals surface area contributed by atoms with E-state index in [1.165, 1.54) is 5.56 Å². The molecule has 0 aliphatic heterocycles. The van der Waals surface area contributed by atoms with Gasteiger partial charge < -0.3 is 10.5 Å². The molecule has 3 N–H and O–H groups in total. The average molecular weight is 326 g/mol. The third kappa shape index (κ3) is 3.86. The van der Waals surface area contributed by atoms with Crippen LogP contribution < -0.4 is 10.5 Å². The van der Waals surface area contributed by atoms with E-state index in [2.05, 4.69) is 0 Å². The molecule has 2 amide bonds. The van der Waals surface area contributed by atoms with Crippen LogP contribution >= 0.6 is 0 Å². The highest BCUT2D eigenvalue weighted by atomic mass is 16.5. The van der Waals surface area contributed by atoms with Crippen molar-refractivity contribution < 1.29 is 14.7 Å². The molecule has 0 spiro atoms. The number of urea groups is 1. The van der Waals surface area contributed by atoms with Crippen LogP contribution in [0.4, 0.5) is 4.79 Å². The molecule has 1 fully saturated rings. The van der Waals surface area contributed by atoms with E-state index in [4.69, 9.17) is 10.5 Å². The lowest BCUT2D eigenvalue weighted by atomic mass is 10.1. The normalized spacial score (nSPS) is 20.2. The molecule has 3 unspecified atom stereocenters. The van der Waals surface area contributed by atoms with Gasteiger partial charge in [-0.05, 0) is 48.4 Å². The zero-order chi connectivity index (χ0) is 17.1. The molecule has 5 heteroatoms. The zero-order valence-electron chi connectivity index (χ0n) is 13.6. The van der Waals surface area contributed by atoms with Gasteiger partial charge in [-0.15, -0.1) is 0 Å². The first-order valence-electron chi connectivity index (χ1n) is 8.12. The van der Waals surface area contributed by atoms with Crippen molar-refractivity contribution in [3.63, 3.8) is 0 Å². The van der Waals surface area contributed by atoms with E-state index >= 15 is 0 Å². The minimum absolute atomic E-state index is 0.00997. The predicted molar refractivity (Wildman–Crippen MR) is 90.9 cm³/mol. The Hall–Kier alpha value is -2.53. The van der Waals surface area contributed by atoms with Gasteiger partial charge in [-0.3, -0.25) is 5.21 Å². The number of hydrogen-bond donors (Lipinski definition) is 2. The molecule has 0 radical (unpaired) electrons. The Bertz CT molecular complexity index is 688. The number of hydroxylamine groups is 2. The largest absolute Gasteiger partial charge is 0.486 e. The molecule has 2 aromatic carbocycles. The second kappa shape index (κ2) is 6.93. The third-order valence-electron chi connectivity index (χ3n) is 4.47. The van der Waals surface area contributed by atoms with E-state index in [1.807, 2.05) is 61.5 Å². The van der Waals surface area contributed by atoms with Crippen molar-refractivity contribution in [2.24, 2.45) is 11.7 Å². The minimum Gasteiger partial charge on any atom is -0.486 e. The summed E-state index contributed by atoms with van der Waals surface area (Å²) in [5.41, 5.74) is 7.36. The van der Waals surface area contributed by atoms with Crippen molar-refractivity contribution >= 4 is 6.03 Å². The van der Waals surface area contributed by atoms with Gasteiger partial charge in [0.05, 0.1) is 6.54 Å². The quantitative estimate of drug-likeness (QED) is 0.628. The van der Waals surface area contributed by atoms with Gasteiger partial charge in [-0.1, -0.05) is 42.5 Å². The lowest BCUT2D eigenvalue weighted by molar-refractivity contribution is -0.0431. The molecular formula is C19H22N2O3. The molecule has 1 aliphatic rings. The lowest BCUT2D eigenvalue weighted by Gasteiger charge is -2.15. The summed E-state index contributed by atoms with van der Waals surface area (Å²) in [4.78, 5) is 10.9. The van der Waals surface area contributed by atoms with Gasteiger partial charge in [0, 0.05) is 0 Å². The summed E-state index contributed by atoms with van der Waals surface area (Å²) in [6.07, 6.45) is 0.939. The molecule has 126 valence electrons. The molecular weight excluding hydrogens is 304 g/mol. The molecule has 0 aromatic heterocycles. The summed E-state index contributed by atoms with van der Waals surface area (Å²) in [6, 6.07) is 17.3. The molecule has 0 bridgehead atoms. The SMILES string of the molecule is CC(Oc1ccc(C2CC2CN(O)C(N)=O)cc1)c1ccccc1. The van der Waals surface area contributed by atoms with Gasteiger partial charge >= 0.3 is 6.03 Å². The highest BCUT2D eigenvalue weighted by Gasteiger charge is 2.39. The standard InChI is InChI=1S/C19H22N2O3/c1-13(14-5-3-2-4-6-14)24-17-9-7-15(8-10-17)18-11-16(18)12-21(23)19(20)22/h2-10,13,16,18,23H,11-12H2,1H3,(H2,20,22). The maximum atomic E-state index is 10.9. The first-order chi connectivity index (χ1) is 11.5. The van der Waals surface area contributed by atoms with Crippen molar-refractivity contribution in [1.29, 1.82) is 0 Å². The Balaban J connectivity index is 1.56. The monoisotopic (exact) mass is 326 g/mol. The number of ether oxygens (including phenoxy) is 1. The number of rotatable bonds is 6. The second-order valence-electron chi connectivity index (χ2n) is 6.26. The molecule has 24 heavy (non-hydrogen) atoms. The highest BCUT2D eigenvalue weighted by molar-refractivity contribution is 5.70. The van der Waals surface area contributed by atoms with Crippen molar-refractivity contribution in [3.8, 4) is 5.75 Å². The summed E-state index contributed by atoms with van der Waals surface area (Å²) in [7, 11) is 0. The minimum atomic E-state index is -0.806. The zero-order valence-corrected chi connectivity index (χ0v) is 13.6. The number of nitrogens with zero attached hydrogens (tertiary/aromatic N) is 1. The van der Waals surface area contributed by atoms with E-state index in [-0.39, 0.29) is 18.6 Å². The maximum absolute atomic E-state index is 10.9. The van der Waals surface area contributed by atoms with Crippen LogP contribution in [0.15, 0.2) is 54.6 Å². The number of amides is 2. The van der Waals surface area contributed by atoms with Gasteiger partial charge in [0.2, 0.25) is 0 Å². The number of carbonyl (C=O) groups is 1. The van der Waals surface area contributed by atoms with Crippen molar-refractivity contribution in [3.05, 3.63) is 65.7 Å². The maximum Gasteiger partial charge on any atom is 0.338 e. The highest BCUT2D eigenvalue weighted by Crippen LogP contribution is 2.48. The molecule has 1 saturated carbocycles. The van der Waals surface area contributed by atoms with E-state index in [0.29, 0.717) is 11.0 Å². The number of carbonyl (C=O) groups excluding carboxylic acids is 1. The fraction of sp³-hybridized carbons (Fsp3) is 0.316. The van der Waals surface area contributed by atoms with Crippen LogP contribution in [0, 0.1) is 5.92 Å². The van der Waals surface area contributed by atoms with Gasteiger partial charge in [0.15, 0.2) is 0 Å². The summed E-state index contributed by atoms with van der Waals surface area (Å²) in [6.45, 7) is 2.31. The number of benzene rings is 2. The fourth-order valence-electron chi connectivity index (χ4n) is 2.96. The molecule has 0 heterocycles. The number of nitrogens with two attached hydrogens (primary N) is 1. The average Bonchev–Trinajstić information content (AvgIpc) is 3.35. The van der Waals surface area contributed by atoms with Crippen LogP contribution in [0.1, 0.15) is 36.5 Å². The Morgan fingerprint density at radius 2 is 1.92 bits per heavy atom. The summed E-state index contributed by atoms with van der Waals surface area (Å²) >= 11 is 0. The topological polar surface area (TPSA) is 75.8 Å². The molecule has 0 saturated heterocycles. The number of hydrogen-bond acceptors (Lipinski definition) is 3. The smallest absolute Gasteiger partial charge is 0.338 e. The molecule has 5 nitrogen and oxygen atoms in total. The van der Waals surface area contributed by atoms with Crippen LogP contribution in [-0.4, -0.2) is 22.8 Å². The molecule has 2 aromatic rings. The number of primary amides is 1.